The van der Waals surface area contributed by atoms with Crippen LogP contribution in [0.4, 0.5) is 0 Å². The van der Waals surface area contributed by atoms with Crippen LogP contribution < -0.4 is 5.32 Å². The maximum Gasteiger partial charge on any atom is 0.244 e. The number of likely N-dealkylation sites (tertiary alicyclic amines) is 1. The van der Waals surface area contributed by atoms with E-state index >= 15 is 0 Å². The Kier molecular flexibility index (Phi) is 4.48. The molecule has 2 heterocycles. The lowest BCUT2D eigenvalue weighted by molar-refractivity contribution is -0.120. The van der Waals surface area contributed by atoms with Crippen LogP contribution in [0.2, 0.25) is 0 Å². The van der Waals surface area contributed by atoms with Gasteiger partial charge >= 0.3 is 0 Å². The van der Waals surface area contributed by atoms with Crippen LogP contribution >= 0.6 is 0 Å². The predicted octanol–water partition coefficient (Wildman–Crippen LogP) is 1.70. The van der Waals surface area contributed by atoms with Gasteiger partial charge in [0.15, 0.2) is 5.82 Å². The lowest BCUT2D eigenvalue weighted by Gasteiger charge is -2.21. The van der Waals surface area contributed by atoms with Gasteiger partial charge in [-0.25, -0.2) is 0 Å². The molecule has 1 fully saturated rings. The molecule has 6 nitrogen and oxygen atoms in total. The number of nitrogens with one attached hydrogen (secondary N) is 1. The van der Waals surface area contributed by atoms with Crippen molar-refractivity contribution >= 4 is 5.91 Å². The van der Waals surface area contributed by atoms with Crippen LogP contribution in [0.25, 0.3) is 0 Å². The number of benzene rings is 1. The fourth-order valence-electron chi connectivity index (χ4n) is 2.82. The molecule has 22 heavy (non-hydrogen) atoms. The van der Waals surface area contributed by atoms with Gasteiger partial charge in [-0.1, -0.05) is 35.5 Å². The third-order valence-corrected chi connectivity index (χ3v) is 3.96. The highest BCUT2D eigenvalue weighted by Crippen LogP contribution is 2.32. The van der Waals surface area contributed by atoms with E-state index in [1.54, 1.807) is 7.05 Å². The van der Waals surface area contributed by atoms with Crippen molar-refractivity contribution in [2.24, 2.45) is 0 Å². The summed E-state index contributed by atoms with van der Waals surface area (Å²) < 4.78 is 5.38. The monoisotopic (exact) mass is 300 g/mol. The van der Waals surface area contributed by atoms with Crippen LogP contribution in [-0.2, 0) is 17.8 Å². The molecule has 0 saturated carbocycles. The first-order valence-corrected chi connectivity index (χ1v) is 7.57. The third-order valence-electron chi connectivity index (χ3n) is 3.96. The normalized spacial score (nSPS) is 18.5. The second kappa shape index (κ2) is 6.70. The Morgan fingerprint density at radius 2 is 2.23 bits per heavy atom. The van der Waals surface area contributed by atoms with Gasteiger partial charge in [0.05, 0.1) is 12.5 Å². The van der Waals surface area contributed by atoms with Crippen molar-refractivity contribution in [3.63, 3.8) is 0 Å². The summed E-state index contributed by atoms with van der Waals surface area (Å²) in [4.78, 5) is 18.1. The fourth-order valence-corrected chi connectivity index (χ4v) is 2.82. The average Bonchev–Trinajstić information content (AvgIpc) is 3.17. The highest BCUT2D eigenvalue weighted by atomic mass is 16.5. The number of carbonyl (C=O) groups excluding carboxylic acids is 1. The van der Waals surface area contributed by atoms with Crippen LogP contribution in [0.15, 0.2) is 34.9 Å². The van der Waals surface area contributed by atoms with Gasteiger partial charge in [0.2, 0.25) is 11.8 Å². The average molecular weight is 300 g/mol. The summed E-state index contributed by atoms with van der Waals surface area (Å²) in [6, 6.07) is 10.5. The SMILES string of the molecule is CNC(=O)Cc1noc([C@@H]2CCCN2Cc2ccccc2)n1. The molecule has 2 aromatic rings. The number of hydrogen-bond acceptors (Lipinski definition) is 5. The largest absolute Gasteiger partial charge is 0.359 e. The maximum absolute atomic E-state index is 11.4. The minimum absolute atomic E-state index is 0.111. The van der Waals surface area contributed by atoms with Crippen molar-refractivity contribution in [3.05, 3.63) is 47.6 Å². The van der Waals surface area contributed by atoms with E-state index in [4.69, 9.17) is 4.52 Å². The van der Waals surface area contributed by atoms with Crippen LogP contribution in [0.3, 0.4) is 0 Å². The van der Waals surface area contributed by atoms with E-state index in [0.717, 1.165) is 25.9 Å². The van der Waals surface area contributed by atoms with Gasteiger partial charge in [-0.15, -0.1) is 0 Å². The maximum atomic E-state index is 11.4. The molecule has 0 aliphatic carbocycles. The smallest absolute Gasteiger partial charge is 0.244 e. The first-order chi connectivity index (χ1) is 10.8. The lowest BCUT2D eigenvalue weighted by atomic mass is 10.2. The standard InChI is InChI=1S/C16H20N4O2/c1-17-15(21)10-14-18-16(22-19-14)13-8-5-9-20(13)11-12-6-3-2-4-7-12/h2-4,6-7,13H,5,8-11H2,1H3,(H,17,21)/t13-/m0/s1. The molecule has 1 aliphatic rings. The Balaban J connectivity index is 1.69. The van der Waals surface area contributed by atoms with Gasteiger partial charge in [-0.3, -0.25) is 9.69 Å². The Labute approximate surface area is 129 Å². The molecule has 0 radical (unpaired) electrons. The van der Waals surface area contributed by atoms with E-state index < -0.39 is 0 Å². The van der Waals surface area contributed by atoms with E-state index in [0.29, 0.717) is 11.7 Å². The Hall–Kier alpha value is -2.21. The Morgan fingerprint density at radius 1 is 1.41 bits per heavy atom. The number of hydrogen-bond donors (Lipinski definition) is 1. The van der Waals surface area contributed by atoms with E-state index in [2.05, 4.69) is 44.6 Å². The summed E-state index contributed by atoms with van der Waals surface area (Å²) in [5.74, 6) is 0.952. The van der Waals surface area contributed by atoms with Crippen molar-refractivity contribution in [1.82, 2.24) is 20.4 Å². The summed E-state index contributed by atoms with van der Waals surface area (Å²) in [7, 11) is 1.60. The minimum atomic E-state index is -0.111. The second-order valence-electron chi connectivity index (χ2n) is 5.51. The van der Waals surface area contributed by atoms with Gasteiger partial charge < -0.3 is 9.84 Å². The molecule has 3 rings (SSSR count). The van der Waals surface area contributed by atoms with Crippen LogP contribution in [-0.4, -0.2) is 34.5 Å². The van der Waals surface area contributed by atoms with Gasteiger partial charge in [-0.2, -0.15) is 4.98 Å². The first kappa shape index (κ1) is 14.7. The van der Waals surface area contributed by atoms with E-state index in [9.17, 15) is 4.79 Å². The van der Waals surface area contributed by atoms with Gasteiger partial charge in [0.1, 0.15) is 0 Å². The number of likely N-dealkylation sites (N-methyl/N-ethyl adjacent to an activating group) is 1. The zero-order valence-corrected chi connectivity index (χ0v) is 12.7. The molecule has 1 N–H and O–H groups in total. The predicted molar refractivity (Wildman–Crippen MR) is 80.9 cm³/mol. The van der Waals surface area contributed by atoms with Crippen LogP contribution in [0, 0.1) is 0 Å². The quantitative estimate of drug-likeness (QED) is 0.910. The second-order valence-corrected chi connectivity index (χ2v) is 5.51. The summed E-state index contributed by atoms with van der Waals surface area (Å²) in [6.07, 6.45) is 2.28. The molecule has 1 aromatic heterocycles. The summed E-state index contributed by atoms with van der Waals surface area (Å²) in [5.41, 5.74) is 1.28. The molecular weight excluding hydrogens is 280 g/mol. The van der Waals surface area contributed by atoms with E-state index in [1.807, 2.05) is 6.07 Å². The molecule has 6 heteroatoms. The van der Waals surface area contributed by atoms with Crippen molar-refractivity contribution < 1.29 is 9.32 Å². The molecule has 1 aliphatic heterocycles. The van der Waals surface area contributed by atoms with Crippen molar-refractivity contribution in [2.75, 3.05) is 13.6 Å². The third kappa shape index (κ3) is 3.33. The zero-order valence-electron chi connectivity index (χ0n) is 12.7. The van der Waals surface area contributed by atoms with Gasteiger partial charge in [-0.05, 0) is 24.9 Å². The minimum Gasteiger partial charge on any atom is -0.359 e. The number of carbonyl (C=O) groups is 1. The highest BCUT2D eigenvalue weighted by molar-refractivity contribution is 5.77. The number of rotatable bonds is 5. The summed E-state index contributed by atoms with van der Waals surface area (Å²) in [5, 5.41) is 6.48. The number of nitrogens with zero attached hydrogens (tertiary/aromatic N) is 3. The Morgan fingerprint density at radius 3 is 3.00 bits per heavy atom. The molecule has 0 bridgehead atoms. The van der Waals surface area contributed by atoms with Gasteiger partial charge in [0, 0.05) is 13.6 Å². The molecular formula is C16H20N4O2. The van der Waals surface area contributed by atoms with Crippen LogP contribution in [0.5, 0.6) is 0 Å². The molecule has 0 unspecified atom stereocenters. The van der Waals surface area contributed by atoms with E-state index in [1.165, 1.54) is 5.56 Å². The molecule has 1 aromatic carbocycles. The molecule has 1 amide bonds. The van der Waals surface area contributed by atoms with Gasteiger partial charge in [0.25, 0.3) is 0 Å². The highest BCUT2D eigenvalue weighted by Gasteiger charge is 2.30. The first-order valence-electron chi connectivity index (χ1n) is 7.57. The molecule has 1 atom stereocenters. The zero-order chi connectivity index (χ0) is 15.4. The van der Waals surface area contributed by atoms with Crippen molar-refractivity contribution in [1.29, 1.82) is 0 Å². The lowest BCUT2D eigenvalue weighted by Crippen LogP contribution is -2.23. The Bertz CT molecular complexity index is 626. The molecule has 116 valence electrons. The fraction of sp³-hybridized carbons (Fsp3) is 0.438. The topological polar surface area (TPSA) is 71.3 Å². The van der Waals surface area contributed by atoms with E-state index in [-0.39, 0.29) is 18.4 Å². The van der Waals surface area contributed by atoms with Crippen molar-refractivity contribution in [3.8, 4) is 0 Å². The number of amides is 1. The summed E-state index contributed by atoms with van der Waals surface area (Å²) >= 11 is 0. The van der Waals surface area contributed by atoms with Crippen molar-refractivity contribution in [2.45, 2.75) is 31.8 Å². The van der Waals surface area contributed by atoms with Crippen LogP contribution in [0.1, 0.15) is 36.2 Å². The summed E-state index contributed by atoms with van der Waals surface area (Å²) in [6.45, 7) is 1.89. The number of aromatic nitrogens is 2. The molecule has 0 spiro atoms. The molecule has 1 saturated heterocycles.